The molecular weight excluding hydrogens is 244 g/mol. The van der Waals surface area contributed by atoms with E-state index in [0.29, 0.717) is 13.2 Å². The molecule has 0 aromatic heterocycles. The Morgan fingerprint density at radius 2 is 1.89 bits per heavy atom. The first-order valence-corrected chi connectivity index (χ1v) is 6.49. The van der Waals surface area contributed by atoms with Crippen LogP contribution in [0, 0.1) is 0 Å². The Morgan fingerprint density at radius 1 is 1.21 bits per heavy atom. The van der Waals surface area contributed by atoms with Crippen molar-refractivity contribution in [3.05, 3.63) is 23.8 Å². The molecule has 0 saturated carbocycles. The van der Waals surface area contributed by atoms with Crippen LogP contribution in [0.15, 0.2) is 18.2 Å². The van der Waals surface area contributed by atoms with Crippen LogP contribution in [0.2, 0.25) is 0 Å². The minimum absolute atomic E-state index is 0.0233. The van der Waals surface area contributed by atoms with Crippen molar-refractivity contribution in [3.63, 3.8) is 0 Å². The molecule has 1 heterocycles. The summed E-state index contributed by atoms with van der Waals surface area (Å²) in [5.74, 6) is 1.48. The number of nitrogens with one attached hydrogen (secondary N) is 2. The van der Waals surface area contributed by atoms with Crippen LogP contribution < -0.4 is 20.1 Å². The Hall–Kier alpha value is -1.75. The van der Waals surface area contributed by atoms with E-state index >= 15 is 0 Å². The summed E-state index contributed by atoms with van der Waals surface area (Å²) in [5, 5.41) is 5.87. The first-order chi connectivity index (χ1) is 9.11. The summed E-state index contributed by atoms with van der Waals surface area (Å²) in [7, 11) is 1.76. The van der Waals surface area contributed by atoms with Crippen LogP contribution in [-0.4, -0.2) is 32.2 Å². The van der Waals surface area contributed by atoms with Crippen LogP contribution >= 0.6 is 0 Å². The smallest absolute Gasteiger partial charge is 0.237 e. The van der Waals surface area contributed by atoms with Crippen LogP contribution in [0.5, 0.6) is 11.5 Å². The highest BCUT2D eigenvalue weighted by Gasteiger charge is 2.17. The van der Waals surface area contributed by atoms with E-state index in [1.807, 2.05) is 32.0 Å². The molecule has 1 aromatic carbocycles. The molecule has 5 nitrogen and oxygen atoms in total. The highest BCUT2D eigenvalue weighted by Crippen LogP contribution is 2.32. The summed E-state index contributed by atoms with van der Waals surface area (Å²) >= 11 is 0. The van der Waals surface area contributed by atoms with Gasteiger partial charge in [0.25, 0.3) is 0 Å². The zero-order valence-electron chi connectivity index (χ0n) is 11.5. The van der Waals surface area contributed by atoms with E-state index in [2.05, 4.69) is 10.6 Å². The molecule has 0 radical (unpaired) electrons. The number of hydrogen-bond acceptors (Lipinski definition) is 4. The Morgan fingerprint density at radius 3 is 2.58 bits per heavy atom. The molecule has 0 saturated heterocycles. The molecule has 1 aliphatic rings. The molecule has 2 unspecified atom stereocenters. The van der Waals surface area contributed by atoms with Gasteiger partial charge < -0.3 is 20.1 Å². The molecule has 2 atom stereocenters. The van der Waals surface area contributed by atoms with Crippen molar-refractivity contribution < 1.29 is 14.3 Å². The highest BCUT2D eigenvalue weighted by molar-refractivity contribution is 5.81. The van der Waals surface area contributed by atoms with Crippen molar-refractivity contribution in [1.82, 2.24) is 10.6 Å². The quantitative estimate of drug-likeness (QED) is 0.859. The van der Waals surface area contributed by atoms with Crippen molar-refractivity contribution in [2.24, 2.45) is 0 Å². The van der Waals surface area contributed by atoms with Gasteiger partial charge in [0.1, 0.15) is 13.2 Å². The topological polar surface area (TPSA) is 59.6 Å². The van der Waals surface area contributed by atoms with Crippen LogP contribution in [-0.2, 0) is 4.79 Å². The number of rotatable bonds is 4. The Balaban J connectivity index is 2.07. The van der Waals surface area contributed by atoms with Crippen molar-refractivity contribution >= 4 is 5.91 Å². The minimum Gasteiger partial charge on any atom is -0.486 e. The van der Waals surface area contributed by atoms with Gasteiger partial charge >= 0.3 is 0 Å². The van der Waals surface area contributed by atoms with Gasteiger partial charge in [0.15, 0.2) is 11.5 Å². The van der Waals surface area contributed by atoms with Gasteiger partial charge in [-0.25, -0.2) is 0 Å². The van der Waals surface area contributed by atoms with Gasteiger partial charge in [-0.3, -0.25) is 4.79 Å². The molecule has 2 rings (SSSR count). The van der Waals surface area contributed by atoms with E-state index < -0.39 is 0 Å². The average molecular weight is 264 g/mol. The van der Waals surface area contributed by atoms with Gasteiger partial charge in [0.05, 0.1) is 12.1 Å². The third-order valence-corrected chi connectivity index (χ3v) is 3.25. The zero-order valence-corrected chi connectivity index (χ0v) is 11.5. The molecule has 0 fully saturated rings. The van der Waals surface area contributed by atoms with E-state index in [-0.39, 0.29) is 18.0 Å². The number of amides is 1. The summed E-state index contributed by atoms with van der Waals surface area (Å²) in [6.45, 7) is 4.92. The minimum atomic E-state index is -0.209. The molecule has 5 heteroatoms. The maximum atomic E-state index is 11.8. The number of fused-ring (bicyclic) bond motifs is 1. The van der Waals surface area contributed by atoms with E-state index in [4.69, 9.17) is 9.47 Å². The molecule has 19 heavy (non-hydrogen) atoms. The Labute approximate surface area is 113 Å². The molecule has 2 N–H and O–H groups in total. The molecule has 1 amide bonds. The molecule has 0 spiro atoms. The van der Waals surface area contributed by atoms with Gasteiger partial charge in [-0.05, 0) is 38.6 Å². The van der Waals surface area contributed by atoms with Crippen molar-refractivity contribution in [2.45, 2.75) is 25.9 Å². The second-order valence-electron chi connectivity index (χ2n) is 4.64. The van der Waals surface area contributed by atoms with E-state index in [0.717, 1.165) is 17.1 Å². The lowest BCUT2D eigenvalue weighted by Gasteiger charge is -2.22. The summed E-state index contributed by atoms with van der Waals surface area (Å²) in [6, 6.07) is 5.47. The average Bonchev–Trinajstić information content (AvgIpc) is 2.45. The van der Waals surface area contributed by atoms with Gasteiger partial charge in [-0.1, -0.05) is 6.07 Å². The lowest BCUT2D eigenvalue weighted by molar-refractivity contribution is -0.123. The largest absolute Gasteiger partial charge is 0.486 e. The van der Waals surface area contributed by atoms with Crippen molar-refractivity contribution in [1.29, 1.82) is 0 Å². The fourth-order valence-electron chi connectivity index (χ4n) is 1.88. The van der Waals surface area contributed by atoms with Crippen molar-refractivity contribution in [2.75, 3.05) is 20.3 Å². The Bertz CT molecular complexity index is 462. The van der Waals surface area contributed by atoms with E-state index in [9.17, 15) is 4.79 Å². The molecule has 0 aliphatic carbocycles. The molecular formula is C14H20N2O3. The summed E-state index contributed by atoms with van der Waals surface area (Å²) in [4.78, 5) is 11.8. The first-order valence-electron chi connectivity index (χ1n) is 6.49. The highest BCUT2D eigenvalue weighted by atomic mass is 16.6. The third kappa shape index (κ3) is 3.17. The first kappa shape index (κ1) is 13.7. The predicted molar refractivity (Wildman–Crippen MR) is 72.5 cm³/mol. The number of likely N-dealkylation sites (N-methyl/N-ethyl adjacent to an activating group) is 1. The number of ether oxygens (including phenoxy) is 2. The second-order valence-corrected chi connectivity index (χ2v) is 4.64. The molecule has 0 bridgehead atoms. The molecule has 1 aliphatic heterocycles. The summed E-state index contributed by atoms with van der Waals surface area (Å²) < 4.78 is 11.0. The van der Waals surface area contributed by atoms with Crippen LogP contribution in [0.25, 0.3) is 0 Å². The number of carbonyl (C=O) groups excluding carboxylic acids is 1. The predicted octanol–water partition coefficient (Wildman–Crippen LogP) is 1.24. The summed E-state index contributed by atoms with van der Waals surface area (Å²) in [6.07, 6.45) is 0. The SMILES string of the molecule is CNC(C)C(=O)NC(C)c1ccc2c(c1)OCCO2. The fraction of sp³-hybridized carbons (Fsp3) is 0.500. The molecule has 1 aromatic rings. The van der Waals surface area contributed by atoms with Gasteiger partial charge in [-0.2, -0.15) is 0 Å². The zero-order chi connectivity index (χ0) is 13.8. The lowest BCUT2D eigenvalue weighted by Crippen LogP contribution is -2.41. The van der Waals surface area contributed by atoms with Gasteiger partial charge in [0.2, 0.25) is 5.91 Å². The second kappa shape index (κ2) is 5.93. The van der Waals surface area contributed by atoms with Crippen LogP contribution in [0.1, 0.15) is 25.5 Å². The van der Waals surface area contributed by atoms with Crippen LogP contribution in [0.4, 0.5) is 0 Å². The van der Waals surface area contributed by atoms with Crippen molar-refractivity contribution in [3.8, 4) is 11.5 Å². The van der Waals surface area contributed by atoms with Crippen LogP contribution in [0.3, 0.4) is 0 Å². The number of hydrogen-bond donors (Lipinski definition) is 2. The lowest BCUT2D eigenvalue weighted by atomic mass is 10.1. The summed E-state index contributed by atoms with van der Waals surface area (Å²) in [5.41, 5.74) is 1.00. The fourth-order valence-corrected chi connectivity index (χ4v) is 1.88. The molecule has 104 valence electrons. The van der Waals surface area contributed by atoms with E-state index in [1.54, 1.807) is 7.05 Å². The number of carbonyl (C=O) groups is 1. The Kier molecular flexibility index (Phi) is 4.27. The van der Waals surface area contributed by atoms with Gasteiger partial charge in [-0.15, -0.1) is 0 Å². The maximum Gasteiger partial charge on any atom is 0.237 e. The normalized spacial score (nSPS) is 16.6. The standard InChI is InChI=1S/C14H20N2O3/c1-9(16-14(17)10(2)15-3)11-4-5-12-13(8-11)19-7-6-18-12/h4-5,8-10,15H,6-7H2,1-3H3,(H,16,17). The van der Waals surface area contributed by atoms with E-state index in [1.165, 1.54) is 0 Å². The maximum absolute atomic E-state index is 11.8. The monoisotopic (exact) mass is 264 g/mol. The third-order valence-electron chi connectivity index (χ3n) is 3.25. The number of benzene rings is 1. The van der Waals surface area contributed by atoms with Gasteiger partial charge in [0, 0.05) is 0 Å².